The van der Waals surface area contributed by atoms with E-state index in [0.29, 0.717) is 6.54 Å². The largest absolute Gasteiger partial charge is 0.508 e. The van der Waals surface area contributed by atoms with Crippen LogP contribution in [0.1, 0.15) is 50.5 Å². The van der Waals surface area contributed by atoms with E-state index >= 15 is 0 Å². The van der Waals surface area contributed by atoms with Crippen molar-refractivity contribution in [1.82, 2.24) is 14.5 Å². The molecule has 6 heteroatoms. The number of unbranched alkanes of at least 4 members (excludes halogenated alkanes) is 2. The minimum atomic E-state index is -0.441. The molecule has 2 atom stereocenters. The molecular formula is C21H27N3O3. The van der Waals surface area contributed by atoms with Crippen LogP contribution < -0.4 is 0 Å². The van der Waals surface area contributed by atoms with Gasteiger partial charge in [0.05, 0.1) is 12.2 Å². The molecule has 0 aliphatic carbocycles. The number of hydrogen-bond acceptors (Lipinski definition) is 4. The number of aromatic nitrogens is 2. The number of Topliss-reactive ketones (excluding diaryl/α,β-unsaturated/α-hetero) is 1. The summed E-state index contributed by atoms with van der Waals surface area (Å²) in [7, 11) is 0. The second-order valence-electron chi connectivity index (χ2n) is 7.15. The average Bonchev–Trinajstić information content (AvgIpc) is 3.26. The molecule has 0 bridgehead atoms. The van der Waals surface area contributed by atoms with Gasteiger partial charge in [-0.15, -0.1) is 0 Å². The normalized spacial score (nSPS) is 19.8. The second-order valence-corrected chi connectivity index (χ2v) is 7.15. The van der Waals surface area contributed by atoms with Crippen LogP contribution in [0.3, 0.4) is 0 Å². The van der Waals surface area contributed by atoms with E-state index in [0.717, 1.165) is 44.2 Å². The highest BCUT2D eigenvalue weighted by atomic mass is 16.3. The molecule has 1 aliphatic rings. The summed E-state index contributed by atoms with van der Waals surface area (Å²) >= 11 is 0. The van der Waals surface area contributed by atoms with E-state index in [1.807, 2.05) is 10.8 Å². The lowest BCUT2D eigenvalue weighted by molar-refractivity contribution is -0.140. The van der Waals surface area contributed by atoms with E-state index in [2.05, 4.69) is 11.9 Å². The molecule has 1 fully saturated rings. The summed E-state index contributed by atoms with van der Waals surface area (Å²) in [5, 5.41) is 9.55. The fourth-order valence-corrected chi connectivity index (χ4v) is 3.87. The van der Waals surface area contributed by atoms with Crippen molar-refractivity contribution < 1.29 is 14.7 Å². The highest BCUT2D eigenvalue weighted by molar-refractivity contribution is 6.40. The number of carbonyl (C=O) groups is 2. The standard InChI is InChI=1S/C21H27N3O3/c1-2-3-4-6-18-19(16-7-9-17(25)10-8-16)20(26)21(27)24(18)13-5-12-23-14-11-22-15-23/h7-11,14-15,18-19,25H,2-6,12-13H2,1H3. The van der Waals surface area contributed by atoms with Gasteiger partial charge in [0, 0.05) is 31.5 Å². The first kappa shape index (κ1) is 19.1. The monoisotopic (exact) mass is 369 g/mol. The van der Waals surface area contributed by atoms with Gasteiger partial charge in [-0.05, 0) is 30.5 Å². The summed E-state index contributed by atoms with van der Waals surface area (Å²) in [6.45, 7) is 3.48. The highest BCUT2D eigenvalue weighted by Crippen LogP contribution is 2.35. The molecule has 0 radical (unpaired) electrons. The van der Waals surface area contributed by atoms with Crippen molar-refractivity contribution in [1.29, 1.82) is 0 Å². The lowest BCUT2D eigenvalue weighted by Gasteiger charge is -2.27. The van der Waals surface area contributed by atoms with Gasteiger partial charge in [0.1, 0.15) is 5.75 Å². The number of rotatable bonds is 9. The minimum Gasteiger partial charge on any atom is -0.508 e. The van der Waals surface area contributed by atoms with E-state index in [9.17, 15) is 14.7 Å². The van der Waals surface area contributed by atoms with Gasteiger partial charge < -0.3 is 14.6 Å². The van der Waals surface area contributed by atoms with Crippen LogP contribution in [0.5, 0.6) is 5.75 Å². The predicted octanol–water partition coefficient (Wildman–Crippen LogP) is 3.12. The Morgan fingerprint density at radius 3 is 2.52 bits per heavy atom. The first-order valence-corrected chi connectivity index (χ1v) is 9.71. The number of hydrogen-bond donors (Lipinski definition) is 1. The van der Waals surface area contributed by atoms with Crippen molar-refractivity contribution in [2.75, 3.05) is 6.54 Å². The number of phenols is 1. The van der Waals surface area contributed by atoms with Gasteiger partial charge in [-0.2, -0.15) is 0 Å². The third-order valence-electron chi connectivity index (χ3n) is 5.27. The third-order valence-corrected chi connectivity index (χ3v) is 5.27. The maximum absolute atomic E-state index is 12.8. The van der Waals surface area contributed by atoms with Gasteiger partial charge in [-0.25, -0.2) is 4.98 Å². The smallest absolute Gasteiger partial charge is 0.290 e. The average molecular weight is 369 g/mol. The fourth-order valence-electron chi connectivity index (χ4n) is 3.87. The molecule has 2 heterocycles. The van der Waals surface area contributed by atoms with Crippen molar-refractivity contribution in [2.24, 2.45) is 0 Å². The van der Waals surface area contributed by atoms with Crippen LogP contribution in [0.2, 0.25) is 0 Å². The lowest BCUT2D eigenvalue weighted by Crippen LogP contribution is -2.36. The Balaban J connectivity index is 1.76. The van der Waals surface area contributed by atoms with Crippen LogP contribution in [0.25, 0.3) is 0 Å². The maximum atomic E-state index is 12.8. The molecule has 1 N–H and O–H groups in total. The zero-order valence-corrected chi connectivity index (χ0v) is 15.8. The van der Waals surface area contributed by atoms with Crippen LogP contribution in [0.4, 0.5) is 0 Å². The van der Waals surface area contributed by atoms with Crippen LogP contribution >= 0.6 is 0 Å². The molecular weight excluding hydrogens is 342 g/mol. The van der Waals surface area contributed by atoms with E-state index < -0.39 is 5.92 Å². The molecule has 2 aromatic rings. The van der Waals surface area contributed by atoms with Crippen LogP contribution in [0, 0.1) is 0 Å². The third kappa shape index (κ3) is 4.38. The van der Waals surface area contributed by atoms with Crippen molar-refractivity contribution in [3.8, 4) is 5.75 Å². The quantitative estimate of drug-likeness (QED) is 0.544. The Morgan fingerprint density at radius 2 is 1.85 bits per heavy atom. The lowest BCUT2D eigenvalue weighted by atomic mass is 9.88. The summed E-state index contributed by atoms with van der Waals surface area (Å²) in [5.41, 5.74) is 0.810. The number of ketones is 1. The SMILES string of the molecule is CCCCCC1C(c2ccc(O)cc2)C(=O)C(=O)N1CCCn1ccnc1. The van der Waals surface area contributed by atoms with Gasteiger partial charge >= 0.3 is 0 Å². The highest BCUT2D eigenvalue weighted by Gasteiger charge is 2.47. The number of amides is 1. The molecule has 144 valence electrons. The molecule has 1 aromatic carbocycles. The summed E-state index contributed by atoms with van der Waals surface area (Å²) in [4.78, 5) is 31.3. The first-order valence-electron chi connectivity index (χ1n) is 9.71. The Hall–Kier alpha value is -2.63. The van der Waals surface area contributed by atoms with Crippen LogP contribution in [-0.2, 0) is 16.1 Å². The minimum absolute atomic E-state index is 0.108. The van der Waals surface area contributed by atoms with E-state index in [-0.39, 0.29) is 23.5 Å². The van der Waals surface area contributed by atoms with Crippen LogP contribution in [0.15, 0.2) is 43.0 Å². The van der Waals surface area contributed by atoms with Gasteiger partial charge in [0.15, 0.2) is 0 Å². The van der Waals surface area contributed by atoms with Gasteiger partial charge in [0.25, 0.3) is 5.91 Å². The molecule has 6 nitrogen and oxygen atoms in total. The topological polar surface area (TPSA) is 75.4 Å². The summed E-state index contributed by atoms with van der Waals surface area (Å²) in [6.07, 6.45) is 10.2. The summed E-state index contributed by atoms with van der Waals surface area (Å²) < 4.78 is 1.98. The number of carbonyl (C=O) groups excluding carboxylic acids is 2. The number of aromatic hydroxyl groups is 1. The molecule has 27 heavy (non-hydrogen) atoms. The summed E-state index contributed by atoms with van der Waals surface area (Å²) in [5.74, 6) is -0.983. The molecule has 1 amide bonds. The zero-order chi connectivity index (χ0) is 19.2. The molecule has 3 rings (SSSR count). The van der Waals surface area contributed by atoms with Crippen molar-refractivity contribution in [3.63, 3.8) is 0 Å². The first-order chi connectivity index (χ1) is 13.1. The number of likely N-dealkylation sites (tertiary alicyclic amines) is 1. The second kappa shape index (κ2) is 8.84. The number of imidazole rings is 1. The number of phenolic OH excluding ortho intramolecular Hbond substituents is 1. The van der Waals surface area contributed by atoms with Crippen molar-refractivity contribution in [3.05, 3.63) is 48.5 Å². The molecule has 2 unspecified atom stereocenters. The Labute approximate surface area is 159 Å². The van der Waals surface area contributed by atoms with E-state index in [1.54, 1.807) is 41.7 Å². The Morgan fingerprint density at radius 1 is 1.07 bits per heavy atom. The number of nitrogens with zero attached hydrogens (tertiary/aromatic N) is 3. The number of aryl methyl sites for hydroxylation is 1. The molecule has 0 saturated carbocycles. The van der Waals surface area contributed by atoms with E-state index in [1.165, 1.54) is 0 Å². The summed E-state index contributed by atoms with van der Waals surface area (Å²) in [6, 6.07) is 6.57. The van der Waals surface area contributed by atoms with Crippen molar-refractivity contribution >= 4 is 11.7 Å². The Bertz CT molecular complexity index is 755. The fraction of sp³-hybridized carbons (Fsp3) is 0.476. The van der Waals surface area contributed by atoms with Gasteiger partial charge in [-0.1, -0.05) is 38.3 Å². The molecule has 1 aliphatic heterocycles. The maximum Gasteiger partial charge on any atom is 0.290 e. The van der Waals surface area contributed by atoms with Crippen LogP contribution in [-0.4, -0.2) is 43.8 Å². The van der Waals surface area contributed by atoms with E-state index in [4.69, 9.17) is 0 Å². The Kier molecular flexibility index (Phi) is 6.27. The molecule has 0 spiro atoms. The predicted molar refractivity (Wildman–Crippen MR) is 102 cm³/mol. The van der Waals surface area contributed by atoms with Gasteiger partial charge in [0.2, 0.25) is 5.78 Å². The number of benzene rings is 1. The van der Waals surface area contributed by atoms with Crippen molar-refractivity contribution in [2.45, 2.75) is 57.5 Å². The molecule has 1 saturated heterocycles. The zero-order valence-electron chi connectivity index (χ0n) is 15.8. The molecule has 1 aromatic heterocycles. The van der Waals surface area contributed by atoms with Gasteiger partial charge in [-0.3, -0.25) is 9.59 Å².